The first-order valence-corrected chi connectivity index (χ1v) is 16.5. The molecule has 0 radical (unpaired) electrons. The lowest BCUT2D eigenvalue weighted by Gasteiger charge is -2.28. The Hall–Kier alpha value is -5.47. The monoisotopic (exact) mass is 658 g/mol. The molecule has 2 N–H and O–H groups in total. The molecule has 2 amide bonds. The zero-order valence-corrected chi connectivity index (χ0v) is 27.8. The summed E-state index contributed by atoms with van der Waals surface area (Å²) in [5.74, 6) is -1.41. The quantitative estimate of drug-likeness (QED) is 0.125. The predicted octanol–water partition coefficient (Wildman–Crippen LogP) is 6.93. The van der Waals surface area contributed by atoms with E-state index in [0.29, 0.717) is 0 Å². The molecule has 2 atom stereocenters. The number of esters is 2. The lowest BCUT2D eigenvalue weighted by molar-refractivity contribution is -0.155. The fourth-order valence-electron chi connectivity index (χ4n) is 5.49. The summed E-state index contributed by atoms with van der Waals surface area (Å²) in [5, 5.41) is 15.8. The number of hydrogen-bond acceptors (Lipinski definition) is 6. The number of rotatable bonds is 14. The van der Waals surface area contributed by atoms with Crippen molar-refractivity contribution in [1.29, 1.82) is 0 Å². The fourth-order valence-corrected chi connectivity index (χ4v) is 5.49. The average Bonchev–Trinajstić information content (AvgIpc) is 3.13. The maximum atomic E-state index is 13.7. The summed E-state index contributed by atoms with van der Waals surface area (Å²) < 4.78 is 10.9. The van der Waals surface area contributed by atoms with E-state index in [1.807, 2.05) is 111 Å². The van der Waals surface area contributed by atoms with Crippen molar-refractivity contribution in [2.75, 3.05) is 13.1 Å². The summed E-state index contributed by atoms with van der Waals surface area (Å²) in [4.78, 5) is 41.1. The minimum atomic E-state index is -1.57. The smallest absolute Gasteiger partial charge is 0.337 e. The van der Waals surface area contributed by atoms with Gasteiger partial charge in [0.05, 0.1) is 6.54 Å². The second-order valence-electron chi connectivity index (χ2n) is 12.5. The lowest BCUT2D eigenvalue weighted by Crippen LogP contribution is -2.52. The first-order chi connectivity index (χ1) is 23.7. The Balaban J connectivity index is 1.29. The van der Waals surface area contributed by atoms with Gasteiger partial charge in [0, 0.05) is 13.0 Å². The topological polar surface area (TPSA) is 105 Å². The highest BCUT2D eigenvalue weighted by molar-refractivity contribution is 5.87. The standard InChI is InChI=1S/C41H42N2O6/c1-29(2)25-43(26-38(44)40(46)49-28-32-13-7-4-8-14-32)41(47)42-37(39(45)48-27-31-11-5-3-6-12-31)23-30-17-19-34(20-18-30)36-22-21-33-15-9-10-16-35(33)24-36/h3-22,24,29,37-38,44H,23,25-28H2,1-2H3,(H,42,47)/t37-,38?/m0/s1. The van der Waals surface area contributed by atoms with Crippen molar-refractivity contribution in [3.05, 3.63) is 144 Å². The number of aliphatic hydroxyl groups is 1. The zero-order valence-electron chi connectivity index (χ0n) is 27.8. The first kappa shape index (κ1) is 34.9. The van der Waals surface area contributed by atoms with Crippen molar-refractivity contribution in [3.63, 3.8) is 0 Å². The third-order valence-corrected chi connectivity index (χ3v) is 8.04. The summed E-state index contributed by atoms with van der Waals surface area (Å²) >= 11 is 0. The summed E-state index contributed by atoms with van der Waals surface area (Å²) in [5.41, 5.74) is 4.52. The molecule has 5 aromatic rings. The number of carbonyl (C=O) groups is 3. The van der Waals surface area contributed by atoms with E-state index in [1.165, 1.54) is 10.3 Å². The van der Waals surface area contributed by atoms with Crippen LogP contribution in [0.15, 0.2) is 127 Å². The Morgan fingerprint density at radius 3 is 1.80 bits per heavy atom. The van der Waals surface area contributed by atoms with E-state index in [1.54, 1.807) is 0 Å². The van der Waals surface area contributed by atoms with E-state index in [0.717, 1.165) is 33.2 Å². The number of nitrogens with zero attached hydrogens (tertiary/aromatic N) is 1. The summed E-state index contributed by atoms with van der Waals surface area (Å²) in [6.45, 7) is 3.83. The molecule has 0 saturated carbocycles. The number of carbonyl (C=O) groups excluding carboxylic acids is 3. The fraction of sp³-hybridized carbons (Fsp3) is 0.244. The van der Waals surface area contributed by atoms with Crippen LogP contribution >= 0.6 is 0 Å². The third-order valence-electron chi connectivity index (χ3n) is 8.04. The lowest BCUT2D eigenvalue weighted by atomic mass is 9.98. The van der Waals surface area contributed by atoms with E-state index in [-0.39, 0.29) is 38.6 Å². The van der Waals surface area contributed by atoms with Gasteiger partial charge in [-0.3, -0.25) is 0 Å². The highest BCUT2D eigenvalue weighted by atomic mass is 16.5. The molecule has 0 fully saturated rings. The van der Waals surface area contributed by atoms with Gasteiger partial charge in [0.15, 0.2) is 6.10 Å². The van der Waals surface area contributed by atoms with Gasteiger partial charge >= 0.3 is 18.0 Å². The molecule has 5 rings (SSSR count). The number of urea groups is 1. The van der Waals surface area contributed by atoms with E-state index < -0.39 is 30.1 Å². The summed E-state index contributed by atoms with van der Waals surface area (Å²) in [6, 6.07) is 39.2. The van der Waals surface area contributed by atoms with Crippen LogP contribution in [0.3, 0.4) is 0 Å². The molecule has 0 saturated heterocycles. The predicted molar refractivity (Wildman–Crippen MR) is 190 cm³/mol. The molecule has 8 nitrogen and oxygen atoms in total. The van der Waals surface area contributed by atoms with Crippen molar-refractivity contribution in [3.8, 4) is 11.1 Å². The Bertz CT molecular complexity index is 1830. The molecule has 0 aromatic heterocycles. The van der Waals surface area contributed by atoms with Crippen LogP contribution in [0.2, 0.25) is 0 Å². The molecular weight excluding hydrogens is 616 g/mol. The SMILES string of the molecule is CC(C)CN(CC(O)C(=O)OCc1ccccc1)C(=O)N[C@@H](Cc1ccc(-c2ccc3ccccc3c2)cc1)C(=O)OCc1ccccc1. The number of ether oxygens (including phenoxy) is 2. The van der Waals surface area contributed by atoms with E-state index in [4.69, 9.17) is 9.47 Å². The minimum Gasteiger partial charge on any atom is -0.459 e. The van der Waals surface area contributed by atoms with Gasteiger partial charge in [-0.1, -0.05) is 135 Å². The molecule has 0 aliphatic carbocycles. The minimum absolute atomic E-state index is 0.00208. The molecule has 0 heterocycles. The second kappa shape index (κ2) is 17.1. The van der Waals surface area contributed by atoms with Crippen molar-refractivity contribution >= 4 is 28.7 Å². The van der Waals surface area contributed by atoms with Gasteiger partial charge < -0.3 is 24.8 Å². The van der Waals surface area contributed by atoms with Crippen LogP contribution in [0.5, 0.6) is 0 Å². The van der Waals surface area contributed by atoms with Gasteiger partial charge in [0.1, 0.15) is 19.3 Å². The Labute approximate surface area is 287 Å². The van der Waals surface area contributed by atoms with Gasteiger partial charge in [-0.25, -0.2) is 14.4 Å². The zero-order chi connectivity index (χ0) is 34.6. The molecule has 1 unspecified atom stereocenters. The molecular formula is C41H42N2O6. The molecule has 0 aliphatic rings. The number of amides is 2. The van der Waals surface area contributed by atoms with Crippen molar-refractivity contribution in [2.45, 2.75) is 45.6 Å². The molecule has 5 aromatic carbocycles. The maximum Gasteiger partial charge on any atom is 0.337 e. The third kappa shape index (κ3) is 10.3. The molecule has 0 bridgehead atoms. The second-order valence-corrected chi connectivity index (χ2v) is 12.5. The van der Waals surface area contributed by atoms with Crippen molar-refractivity contribution < 1.29 is 29.0 Å². The largest absolute Gasteiger partial charge is 0.459 e. The van der Waals surface area contributed by atoms with E-state index >= 15 is 0 Å². The number of nitrogens with one attached hydrogen (secondary N) is 1. The van der Waals surface area contributed by atoms with Gasteiger partial charge in [-0.15, -0.1) is 0 Å². The molecule has 252 valence electrons. The highest BCUT2D eigenvalue weighted by Crippen LogP contribution is 2.25. The molecule has 0 spiro atoms. The van der Waals surface area contributed by atoms with E-state index in [2.05, 4.69) is 35.6 Å². The Morgan fingerprint density at radius 2 is 1.18 bits per heavy atom. The van der Waals surface area contributed by atoms with Crippen LogP contribution in [0.25, 0.3) is 21.9 Å². The number of fused-ring (bicyclic) bond motifs is 1. The first-order valence-electron chi connectivity index (χ1n) is 16.5. The van der Waals surface area contributed by atoms with Gasteiger partial charge in [0.2, 0.25) is 0 Å². The normalized spacial score (nSPS) is 12.2. The van der Waals surface area contributed by atoms with Crippen LogP contribution in [-0.4, -0.2) is 53.2 Å². The summed E-state index contributed by atoms with van der Waals surface area (Å²) in [7, 11) is 0. The number of benzene rings is 5. The highest BCUT2D eigenvalue weighted by Gasteiger charge is 2.29. The average molecular weight is 659 g/mol. The van der Waals surface area contributed by atoms with Crippen molar-refractivity contribution in [1.82, 2.24) is 10.2 Å². The van der Waals surface area contributed by atoms with Gasteiger partial charge in [-0.05, 0) is 50.6 Å². The Kier molecular flexibility index (Phi) is 12.2. The van der Waals surface area contributed by atoms with Crippen LogP contribution in [0.1, 0.15) is 30.5 Å². The Morgan fingerprint density at radius 1 is 0.633 bits per heavy atom. The number of aliphatic hydroxyl groups excluding tert-OH is 1. The van der Waals surface area contributed by atoms with Crippen LogP contribution < -0.4 is 5.32 Å². The molecule has 8 heteroatoms. The van der Waals surface area contributed by atoms with Crippen molar-refractivity contribution in [2.24, 2.45) is 5.92 Å². The number of hydrogen-bond donors (Lipinski definition) is 2. The summed E-state index contributed by atoms with van der Waals surface area (Å²) in [6.07, 6.45) is -1.39. The van der Waals surface area contributed by atoms with Crippen LogP contribution in [-0.2, 0) is 38.7 Å². The van der Waals surface area contributed by atoms with Crippen LogP contribution in [0.4, 0.5) is 4.79 Å². The molecule has 0 aliphatic heterocycles. The molecule has 49 heavy (non-hydrogen) atoms. The van der Waals surface area contributed by atoms with Gasteiger partial charge in [-0.2, -0.15) is 0 Å². The van der Waals surface area contributed by atoms with E-state index in [9.17, 15) is 19.5 Å². The maximum absolute atomic E-state index is 13.7. The van der Waals surface area contributed by atoms with Gasteiger partial charge in [0.25, 0.3) is 0 Å². The van der Waals surface area contributed by atoms with Crippen LogP contribution in [0, 0.1) is 5.92 Å².